The van der Waals surface area contributed by atoms with Gasteiger partial charge in [-0.1, -0.05) is 6.42 Å². The van der Waals surface area contributed by atoms with Gasteiger partial charge in [0.05, 0.1) is 12.8 Å². The van der Waals surface area contributed by atoms with Crippen LogP contribution in [0.1, 0.15) is 36.2 Å². The Bertz CT molecular complexity index is 443. The van der Waals surface area contributed by atoms with Crippen LogP contribution < -0.4 is 11.1 Å². The van der Waals surface area contributed by atoms with E-state index in [0.717, 1.165) is 25.8 Å². The lowest BCUT2D eigenvalue weighted by Gasteiger charge is -2.34. The molecule has 110 valence electrons. The maximum Gasteiger partial charge on any atom is 0.293 e. The molecule has 1 unspecified atom stereocenters. The van der Waals surface area contributed by atoms with Gasteiger partial charge in [-0.15, -0.1) is 0 Å². The van der Waals surface area contributed by atoms with Gasteiger partial charge in [-0.3, -0.25) is 19.8 Å². The first-order valence-corrected chi connectivity index (χ1v) is 7.02. The Balaban J connectivity index is 1.85. The van der Waals surface area contributed by atoms with Crippen molar-refractivity contribution in [3.05, 3.63) is 24.2 Å². The number of hydrogen-bond donors (Lipinski definition) is 2. The first kappa shape index (κ1) is 14.7. The van der Waals surface area contributed by atoms with Gasteiger partial charge >= 0.3 is 0 Å². The molecule has 2 rings (SSSR count). The lowest BCUT2D eigenvalue weighted by atomic mass is 9.99. The number of hydrogen-bond acceptors (Lipinski definition) is 5. The van der Waals surface area contributed by atoms with E-state index < -0.39 is 5.91 Å². The number of likely N-dealkylation sites (tertiary alicyclic amines) is 1. The minimum atomic E-state index is -0.493. The Morgan fingerprint density at radius 3 is 3.00 bits per heavy atom. The molecule has 0 aliphatic carbocycles. The molecule has 1 atom stereocenters. The molecule has 1 fully saturated rings. The number of nitrogens with one attached hydrogen (secondary N) is 1. The Hall–Kier alpha value is -1.66. The largest absolute Gasteiger partial charge is 0.459 e. The van der Waals surface area contributed by atoms with Gasteiger partial charge in [-0.05, 0) is 44.5 Å². The molecule has 3 N–H and O–H groups in total. The average Bonchev–Trinajstić information content (AvgIpc) is 2.95. The molecule has 2 heterocycles. The van der Waals surface area contributed by atoms with Crippen LogP contribution in [-0.4, -0.2) is 42.4 Å². The van der Waals surface area contributed by atoms with Crippen LogP contribution >= 0.6 is 0 Å². The van der Waals surface area contributed by atoms with Crippen molar-refractivity contribution in [3.8, 4) is 0 Å². The summed E-state index contributed by atoms with van der Waals surface area (Å²) in [6.07, 6.45) is 5.62. The summed E-state index contributed by atoms with van der Waals surface area (Å²) < 4.78 is 4.95. The Morgan fingerprint density at radius 2 is 2.30 bits per heavy atom. The number of nitrogens with two attached hydrogens (primary N) is 1. The lowest BCUT2D eigenvalue weighted by molar-refractivity contribution is -0.122. The monoisotopic (exact) mass is 279 g/mol. The van der Waals surface area contributed by atoms with Crippen LogP contribution in [0.15, 0.2) is 22.8 Å². The summed E-state index contributed by atoms with van der Waals surface area (Å²) in [6, 6.07) is 3.49. The van der Waals surface area contributed by atoms with Crippen LogP contribution in [-0.2, 0) is 4.79 Å². The van der Waals surface area contributed by atoms with Gasteiger partial charge < -0.3 is 10.2 Å². The Kier molecular flexibility index (Phi) is 5.31. The topological polar surface area (TPSA) is 88.6 Å². The SMILES string of the molecule is NCCC1CCCCN1CC(=O)NC(=O)c1ccco1. The third-order valence-electron chi connectivity index (χ3n) is 3.59. The van der Waals surface area contributed by atoms with Crippen molar-refractivity contribution in [2.75, 3.05) is 19.6 Å². The molecule has 1 aliphatic heterocycles. The standard InChI is InChI=1S/C14H21N3O3/c15-7-6-11-4-1-2-8-17(11)10-13(18)16-14(19)12-5-3-9-20-12/h3,5,9,11H,1-2,4,6-8,10,15H2,(H,16,18,19). The van der Waals surface area contributed by atoms with Gasteiger partial charge in [0.2, 0.25) is 5.91 Å². The van der Waals surface area contributed by atoms with E-state index in [0.29, 0.717) is 12.6 Å². The molecule has 1 aromatic heterocycles. The smallest absolute Gasteiger partial charge is 0.293 e. The molecule has 2 amide bonds. The molecule has 20 heavy (non-hydrogen) atoms. The van der Waals surface area contributed by atoms with Crippen molar-refractivity contribution in [1.82, 2.24) is 10.2 Å². The predicted molar refractivity (Wildman–Crippen MR) is 74.1 cm³/mol. The van der Waals surface area contributed by atoms with Gasteiger partial charge in [-0.2, -0.15) is 0 Å². The van der Waals surface area contributed by atoms with Gasteiger partial charge in [0, 0.05) is 6.04 Å². The highest BCUT2D eigenvalue weighted by molar-refractivity contribution is 6.03. The number of carbonyl (C=O) groups excluding carboxylic acids is 2. The molecule has 1 aliphatic rings. The maximum absolute atomic E-state index is 11.9. The third kappa shape index (κ3) is 3.91. The number of imide groups is 1. The van der Waals surface area contributed by atoms with Crippen molar-refractivity contribution in [2.45, 2.75) is 31.7 Å². The molecule has 0 saturated carbocycles. The zero-order valence-corrected chi connectivity index (χ0v) is 11.5. The summed E-state index contributed by atoms with van der Waals surface area (Å²) in [7, 11) is 0. The van der Waals surface area contributed by atoms with Crippen molar-refractivity contribution in [2.24, 2.45) is 5.73 Å². The zero-order chi connectivity index (χ0) is 14.4. The number of furan rings is 1. The van der Waals surface area contributed by atoms with E-state index in [-0.39, 0.29) is 18.2 Å². The van der Waals surface area contributed by atoms with Crippen molar-refractivity contribution in [3.63, 3.8) is 0 Å². The highest BCUT2D eigenvalue weighted by atomic mass is 16.3. The van der Waals surface area contributed by atoms with Crippen molar-refractivity contribution in [1.29, 1.82) is 0 Å². The van der Waals surface area contributed by atoms with E-state index in [1.54, 1.807) is 6.07 Å². The molecule has 0 bridgehead atoms. The molecule has 1 saturated heterocycles. The summed E-state index contributed by atoms with van der Waals surface area (Å²) in [5.41, 5.74) is 5.60. The first-order valence-electron chi connectivity index (χ1n) is 7.02. The number of amides is 2. The van der Waals surface area contributed by atoms with Crippen LogP contribution in [0.4, 0.5) is 0 Å². The molecular weight excluding hydrogens is 258 g/mol. The number of carbonyl (C=O) groups is 2. The van der Waals surface area contributed by atoms with E-state index in [9.17, 15) is 9.59 Å². The number of piperidine rings is 1. The lowest BCUT2D eigenvalue weighted by Crippen LogP contribution is -2.47. The van der Waals surface area contributed by atoms with Gasteiger partial charge in [0.1, 0.15) is 0 Å². The third-order valence-corrected chi connectivity index (χ3v) is 3.59. The molecular formula is C14H21N3O3. The predicted octanol–water partition coefficient (Wildman–Crippen LogP) is 0.739. The van der Waals surface area contributed by atoms with E-state index in [1.807, 2.05) is 0 Å². The molecule has 0 spiro atoms. The minimum absolute atomic E-state index is 0.149. The van der Waals surface area contributed by atoms with Crippen LogP contribution in [0.5, 0.6) is 0 Å². The summed E-state index contributed by atoms with van der Waals surface area (Å²) in [5.74, 6) is -0.641. The average molecular weight is 279 g/mol. The minimum Gasteiger partial charge on any atom is -0.459 e. The van der Waals surface area contributed by atoms with Gasteiger partial charge in [0.15, 0.2) is 5.76 Å². The summed E-state index contributed by atoms with van der Waals surface area (Å²) >= 11 is 0. The van der Waals surface area contributed by atoms with E-state index >= 15 is 0 Å². The zero-order valence-electron chi connectivity index (χ0n) is 11.5. The number of nitrogens with zero attached hydrogens (tertiary/aromatic N) is 1. The second kappa shape index (κ2) is 7.21. The summed E-state index contributed by atoms with van der Waals surface area (Å²) in [4.78, 5) is 25.7. The fourth-order valence-electron chi connectivity index (χ4n) is 2.61. The fraction of sp³-hybridized carbons (Fsp3) is 0.571. The second-order valence-electron chi connectivity index (χ2n) is 5.05. The van der Waals surface area contributed by atoms with Crippen LogP contribution in [0, 0.1) is 0 Å². The summed E-state index contributed by atoms with van der Waals surface area (Å²) in [6.45, 7) is 1.73. The van der Waals surface area contributed by atoms with E-state index in [2.05, 4.69) is 10.2 Å². The molecule has 6 heteroatoms. The molecule has 6 nitrogen and oxygen atoms in total. The van der Waals surface area contributed by atoms with Crippen molar-refractivity contribution < 1.29 is 14.0 Å². The first-order chi connectivity index (χ1) is 9.70. The maximum atomic E-state index is 11.9. The Labute approximate surface area is 118 Å². The molecule has 1 aromatic rings. The highest BCUT2D eigenvalue weighted by Gasteiger charge is 2.24. The van der Waals surface area contributed by atoms with E-state index in [1.165, 1.54) is 18.8 Å². The second-order valence-corrected chi connectivity index (χ2v) is 5.05. The normalized spacial score (nSPS) is 19.8. The van der Waals surface area contributed by atoms with Crippen molar-refractivity contribution >= 4 is 11.8 Å². The molecule has 0 radical (unpaired) electrons. The molecule has 0 aromatic carbocycles. The summed E-state index contributed by atoms with van der Waals surface area (Å²) in [5, 5.41) is 2.35. The van der Waals surface area contributed by atoms with Gasteiger partial charge in [0.25, 0.3) is 5.91 Å². The van der Waals surface area contributed by atoms with E-state index in [4.69, 9.17) is 10.2 Å². The van der Waals surface area contributed by atoms with Gasteiger partial charge in [-0.25, -0.2) is 0 Å². The van der Waals surface area contributed by atoms with Crippen LogP contribution in [0.25, 0.3) is 0 Å². The van der Waals surface area contributed by atoms with Crippen LogP contribution in [0.2, 0.25) is 0 Å². The highest BCUT2D eigenvalue weighted by Crippen LogP contribution is 2.18. The quantitative estimate of drug-likeness (QED) is 0.830. The van der Waals surface area contributed by atoms with Crippen LogP contribution in [0.3, 0.4) is 0 Å². The number of rotatable bonds is 5. The fourth-order valence-corrected chi connectivity index (χ4v) is 2.61. The Morgan fingerprint density at radius 1 is 1.45 bits per heavy atom.